The second-order valence-corrected chi connectivity index (χ2v) is 6.88. The summed E-state index contributed by atoms with van der Waals surface area (Å²) in [6.07, 6.45) is 0. The lowest BCUT2D eigenvalue weighted by molar-refractivity contribution is -0.0498. The number of anilines is 2. The Hall–Kier alpha value is -2.38. The van der Waals surface area contributed by atoms with Gasteiger partial charge in [0.15, 0.2) is 0 Å². The molecule has 2 aromatic carbocycles. The van der Waals surface area contributed by atoms with Crippen molar-refractivity contribution in [3.05, 3.63) is 53.1 Å². The van der Waals surface area contributed by atoms with Crippen LogP contribution >= 0.6 is 11.6 Å². The first-order chi connectivity index (χ1) is 13.5. The zero-order valence-electron chi connectivity index (χ0n) is 15.5. The number of hydrogen-bond donors (Lipinski definition) is 1. The molecule has 3 rings (SSSR count). The van der Waals surface area contributed by atoms with Crippen LogP contribution in [0.4, 0.5) is 20.2 Å². The lowest BCUT2D eigenvalue weighted by Crippen LogP contribution is -2.46. The Morgan fingerprint density at radius 1 is 1.14 bits per heavy atom. The number of piperazine rings is 1. The number of carbonyl (C=O) groups excluding carboxylic acids is 1. The quantitative estimate of drug-likeness (QED) is 0.771. The Labute approximate surface area is 167 Å². The molecule has 0 bridgehead atoms. The summed E-state index contributed by atoms with van der Waals surface area (Å²) in [5, 5.41) is 3.40. The first-order valence-corrected chi connectivity index (χ1v) is 9.47. The molecular formula is C20H22ClF2N3O2. The molecule has 2 aromatic rings. The van der Waals surface area contributed by atoms with E-state index in [-0.39, 0.29) is 11.7 Å². The number of nitrogens with one attached hydrogen (secondary N) is 1. The van der Waals surface area contributed by atoms with Gasteiger partial charge >= 0.3 is 6.61 Å². The van der Waals surface area contributed by atoms with E-state index < -0.39 is 6.61 Å². The predicted molar refractivity (Wildman–Crippen MR) is 107 cm³/mol. The maximum Gasteiger partial charge on any atom is 0.387 e. The number of hydrogen-bond acceptors (Lipinski definition) is 4. The fraction of sp³-hybridized carbons (Fsp3) is 0.350. The molecule has 1 fully saturated rings. The average molecular weight is 410 g/mol. The van der Waals surface area contributed by atoms with Gasteiger partial charge in [0.2, 0.25) is 0 Å². The van der Waals surface area contributed by atoms with E-state index in [1.165, 1.54) is 24.3 Å². The smallest absolute Gasteiger partial charge is 0.387 e. The summed E-state index contributed by atoms with van der Waals surface area (Å²) < 4.78 is 28.8. The van der Waals surface area contributed by atoms with E-state index in [9.17, 15) is 13.6 Å². The van der Waals surface area contributed by atoms with Crippen LogP contribution in [0.15, 0.2) is 42.5 Å². The van der Waals surface area contributed by atoms with Crippen molar-refractivity contribution in [2.24, 2.45) is 0 Å². The number of nitrogens with zero attached hydrogens (tertiary/aromatic N) is 2. The summed E-state index contributed by atoms with van der Waals surface area (Å²) in [7, 11) is 0. The van der Waals surface area contributed by atoms with Crippen molar-refractivity contribution >= 4 is 28.9 Å². The van der Waals surface area contributed by atoms with Crippen molar-refractivity contribution in [1.29, 1.82) is 0 Å². The third-order valence-electron chi connectivity index (χ3n) is 4.71. The standard InChI is InChI=1S/C20H22ClF2N3O2/c1-2-25-9-11-26(12-10-25)18-8-5-15(21)13-17(18)24-19(27)14-3-6-16(7-4-14)28-20(22)23/h3-8,13,20H,2,9-12H2,1H3,(H,24,27). The fourth-order valence-corrected chi connectivity index (χ4v) is 3.34. The van der Waals surface area contributed by atoms with Crippen molar-refractivity contribution in [3.63, 3.8) is 0 Å². The average Bonchev–Trinajstić information content (AvgIpc) is 2.68. The van der Waals surface area contributed by atoms with Crippen molar-refractivity contribution in [2.45, 2.75) is 13.5 Å². The monoisotopic (exact) mass is 409 g/mol. The van der Waals surface area contributed by atoms with Gasteiger partial charge < -0.3 is 19.9 Å². The highest BCUT2D eigenvalue weighted by molar-refractivity contribution is 6.31. The van der Waals surface area contributed by atoms with Gasteiger partial charge in [0.25, 0.3) is 5.91 Å². The van der Waals surface area contributed by atoms with Crippen LogP contribution in [-0.4, -0.2) is 50.1 Å². The van der Waals surface area contributed by atoms with Crippen LogP contribution in [0.25, 0.3) is 0 Å². The lowest BCUT2D eigenvalue weighted by Gasteiger charge is -2.36. The highest BCUT2D eigenvalue weighted by atomic mass is 35.5. The van der Waals surface area contributed by atoms with Gasteiger partial charge in [0.05, 0.1) is 11.4 Å². The van der Waals surface area contributed by atoms with Crippen molar-refractivity contribution < 1.29 is 18.3 Å². The third kappa shape index (κ3) is 5.11. The Morgan fingerprint density at radius 2 is 1.82 bits per heavy atom. The molecule has 1 aliphatic heterocycles. The number of alkyl halides is 2. The second kappa shape index (κ2) is 9.21. The van der Waals surface area contributed by atoms with E-state index in [2.05, 4.69) is 26.8 Å². The van der Waals surface area contributed by atoms with Gasteiger partial charge in [-0.15, -0.1) is 0 Å². The molecule has 5 nitrogen and oxygen atoms in total. The summed E-state index contributed by atoms with van der Waals surface area (Å²) in [4.78, 5) is 17.2. The molecule has 0 unspecified atom stereocenters. The SMILES string of the molecule is CCN1CCN(c2ccc(Cl)cc2NC(=O)c2ccc(OC(F)F)cc2)CC1. The summed E-state index contributed by atoms with van der Waals surface area (Å²) in [5.74, 6) is -0.344. The Kier molecular flexibility index (Phi) is 6.70. The molecule has 0 saturated carbocycles. The van der Waals surface area contributed by atoms with Crippen LogP contribution in [0.3, 0.4) is 0 Å². The summed E-state index contributed by atoms with van der Waals surface area (Å²) in [6.45, 7) is 3.89. The zero-order valence-corrected chi connectivity index (χ0v) is 16.3. The number of ether oxygens (including phenoxy) is 1. The minimum Gasteiger partial charge on any atom is -0.435 e. The largest absolute Gasteiger partial charge is 0.435 e. The maximum atomic E-state index is 12.6. The Balaban J connectivity index is 1.74. The molecule has 28 heavy (non-hydrogen) atoms. The first-order valence-electron chi connectivity index (χ1n) is 9.09. The van der Waals surface area contributed by atoms with Crippen LogP contribution in [0.1, 0.15) is 17.3 Å². The molecule has 1 N–H and O–H groups in total. The number of carbonyl (C=O) groups is 1. The van der Waals surface area contributed by atoms with Crippen molar-refractivity contribution in [3.8, 4) is 5.75 Å². The van der Waals surface area contributed by atoms with E-state index in [0.29, 0.717) is 16.3 Å². The van der Waals surface area contributed by atoms with Crippen LogP contribution in [0.2, 0.25) is 5.02 Å². The zero-order chi connectivity index (χ0) is 20.1. The van der Waals surface area contributed by atoms with Gasteiger partial charge in [0.1, 0.15) is 5.75 Å². The molecule has 1 saturated heterocycles. The molecule has 0 atom stereocenters. The number of amides is 1. The molecule has 8 heteroatoms. The highest BCUT2D eigenvalue weighted by Crippen LogP contribution is 2.30. The first kappa shape index (κ1) is 20.4. The van der Waals surface area contributed by atoms with E-state index in [1.54, 1.807) is 12.1 Å². The summed E-state index contributed by atoms with van der Waals surface area (Å²) >= 11 is 6.13. The molecule has 0 aromatic heterocycles. The van der Waals surface area contributed by atoms with Crippen LogP contribution in [0, 0.1) is 0 Å². The van der Waals surface area contributed by atoms with Crippen LogP contribution in [-0.2, 0) is 0 Å². The van der Waals surface area contributed by atoms with Crippen molar-refractivity contribution in [1.82, 2.24) is 4.90 Å². The van der Waals surface area contributed by atoms with Gasteiger partial charge in [-0.2, -0.15) is 8.78 Å². The maximum absolute atomic E-state index is 12.6. The van der Waals surface area contributed by atoms with E-state index in [4.69, 9.17) is 11.6 Å². The second-order valence-electron chi connectivity index (χ2n) is 6.44. The van der Waals surface area contributed by atoms with Gasteiger partial charge in [0, 0.05) is 36.8 Å². The van der Waals surface area contributed by atoms with E-state index in [0.717, 1.165) is 38.4 Å². The van der Waals surface area contributed by atoms with Gasteiger partial charge in [-0.25, -0.2) is 0 Å². The predicted octanol–water partition coefficient (Wildman–Crippen LogP) is 4.34. The normalized spacial score (nSPS) is 15.0. The molecule has 0 aliphatic carbocycles. The molecule has 150 valence electrons. The molecular weight excluding hydrogens is 388 g/mol. The number of rotatable bonds is 6. The number of halogens is 3. The molecule has 1 aliphatic rings. The molecule has 0 radical (unpaired) electrons. The van der Waals surface area contributed by atoms with E-state index in [1.807, 2.05) is 6.07 Å². The summed E-state index contributed by atoms with van der Waals surface area (Å²) in [5.41, 5.74) is 1.87. The van der Waals surface area contributed by atoms with E-state index >= 15 is 0 Å². The molecule has 0 spiro atoms. The minimum absolute atomic E-state index is 0.00351. The Morgan fingerprint density at radius 3 is 2.43 bits per heavy atom. The highest BCUT2D eigenvalue weighted by Gasteiger charge is 2.20. The minimum atomic E-state index is -2.90. The fourth-order valence-electron chi connectivity index (χ4n) is 3.17. The third-order valence-corrected chi connectivity index (χ3v) is 4.94. The van der Waals surface area contributed by atoms with Crippen LogP contribution in [0.5, 0.6) is 5.75 Å². The van der Waals surface area contributed by atoms with Gasteiger partial charge in [-0.3, -0.25) is 4.79 Å². The van der Waals surface area contributed by atoms with Gasteiger partial charge in [-0.1, -0.05) is 18.5 Å². The summed E-state index contributed by atoms with van der Waals surface area (Å²) in [6, 6.07) is 11.0. The van der Waals surface area contributed by atoms with Crippen molar-refractivity contribution in [2.75, 3.05) is 42.9 Å². The topological polar surface area (TPSA) is 44.8 Å². The van der Waals surface area contributed by atoms with Crippen LogP contribution < -0.4 is 15.0 Å². The lowest BCUT2D eigenvalue weighted by atomic mass is 10.1. The number of likely N-dealkylation sites (N-methyl/N-ethyl adjacent to an activating group) is 1. The van der Waals surface area contributed by atoms with Gasteiger partial charge in [-0.05, 0) is 49.0 Å². The number of benzene rings is 2. The molecule has 1 amide bonds. The molecule has 1 heterocycles. The Bertz CT molecular complexity index is 810.